The number of amides is 2. The number of fused-ring (bicyclic) bond motifs is 1. The second-order valence-corrected chi connectivity index (χ2v) is 6.14. The van der Waals surface area contributed by atoms with E-state index in [0.717, 1.165) is 11.1 Å². The second kappa shape index (κ2) is 6.93. The number of benzene rings is 2. The first kappa shape index (κ1) is 17.0. The van der Waals surface area contributed by atoms with Gasteiger partial charge in [0.25, 0.3) is 0 Å². The van der Waals surface area contributed by atoms with Gasteiger partial charge in [0.05, 0.1) is 5.69 Å². The Morgan fingerprint density at radius 1 is 1.24 bits per heavy atom. The van der Waals surface area contributed by atoms with Crippen molar-refractivity contribution in [2.75, 3.05) is 16.8 Å². The minimum Gasteiger partial charge on any atom is -0.506 e. The molecule has 0 fully saturated rings. The molecule has 25 heavy (non-hydrogen) atoms. The zero-order valence-corrected chi connectivity index (χ0v) is 13.9. The average Bonchev–Trinajstić information content (AvgIpc) is 2.56. The summed E-state index contributed by atoms with van der Waals surface area (Å²) >= 11 is 0. The third kappa shape index (κ3) is 3.79. The van der Waals surface area contributed by atoms with Gasteiger partial charge in [0.2, 0.25) is 11.8 Å². The van der Waals surface area contributed by atoms with Crippen LogP contribution >= 0.6 is 0 Å². The highest BCUT2D eigenvalue weighted by Crippen LogP contribution is 2.29. The van der Waals surface area contributed by atoms with Gasteiger partial charge < -0.3 is 15.3 Å². The predicted octanol–water partition coefficient (Wildman–Crippen LogP) is 3.15. The summed E-state index contributed by atoms with van der Waals surface area (Å²) in [6, 6.07) is 9.30. The van der Waals surface area contributed by atoms with Crippen molar-refractivity contribution in [3.05, 3.63) is 53.3 Å². The molecule has 2 aromatic rings. The molecule has 0 saturated carbocycles. The van der Waals surface area contributed by atoms with Gasteiger partial charge >= 0.3 is 0 Å². The van der Waals surface area contributed by atoms with Gasteiger partial charge in [-0.15, -0.1) is 0 Å². The van der Waals surface area contributed by atoms with Crippen LogP contribution in [0.1, 0.15) is 24.0 Å². The van der Waals surface area contributed by atoms with Crippen LogP contribution in [0.4, 0.5) is 15.8 Å². The number of nitrogens with one attached hydrogen (secondary N) is 1. The van der Waals surface area contributed by atoms with Gasteiger partial charge in [-0.2, -0.15) is 0 Å². The Bertz CT molecular complexity index is 835. The number of nitrogens with zero attached hydrogens (tertiary/aromatic N) is 1. The van der Waals surface area contributed by atoms with Gasteiger partial charge in [0, 0.05) is 25.1 Å². The molecular weight excluding hydrogens is 323 g/mol. The lowest BCUT2D eigenvalue weighted by atomic mass is 10.0. The highest BCUT2D eigenvalue weighted by atomic mass is 19.1. The number of hydrogen-bond donors (Lipinski definition) is 2. The molecule has 0 radical (unpaired) electrons. The molecule has 0 aliphatic carbocycles. The Balaban J connectivity index is 1.67. The normalized spacial score (nSPS) is 13.5. The number of aromatic hydroxyl groups is 1. The first-order valence-corrected chi connectivity index (χ1v) is 8.12. The molecule has 0 atom stereocenters. The van der Waals surface area contributed by atoms with Crippen molar-refractivity contribution in [3.8, 4) is 5.75 Å². The first-order chi connectivity index (χ1) is 11.9. The van der Waals surface area contributed by atoms with E-state index >= 15 is 0 Å². The fourth-order valence-electron chi connectivity index (χ4n) is 2.95. The summed E-state index contributed by atoms with van der Waals surface area (Å²) in [5, 5.41) is 12.5. The maximum absolute atomic E-state index is 13.4. The number of phenols is 1. The fraction of sp³-hybridized carbons (Fsp3) is 0.263. The standard InChI is InChI=1S/C19H19FN2O3/c1-12-2-5-15(17(23)10-12)21-18(24)8-9-22-16-6-4-14(20)11-13(16)3-7-19(22)25/h2,4-6,10-11,23H,3,7-9H2,1H3,(H,21,24). The van der Waals surface area contributed by atoms with Crippen LogP contribution in [-0.2, 0) is 16.0 Å². The van der Waals surface area contributed by atoms with Crippen molar-refractivity contribution < 1.29 is 19.1 Å². The minimum absolute atomic E-state index is 0.00298. The highest BCUT2D eigenvalue weighted by Gasteiger charge is 2.24. The zero-order valence-electron chi connectivity index (χ0n) is 13.9. The molecule has 1 heterocycles. The van der Waals surface area contributed by atoms with Crippen molar-refractivity contribution >= 4 is 23.2 Å². The third-order valence-electron chi connectivity index (χ3n) is 4.23. The predicted molar refractivity (Wildman–Crippen MR) is 93.2 cm³/mol. The van der Waals surface area contributed by atoms with Crippen LogP contribution in [0.5, 0.6) is 5.75 Å². The Morgan fingerprint density at radius 3 is 2.80 bits per heavy atom. The number of anilines is 2. The van der Waals surface area contributed by atoms with E-state index in [1.54, 1.807) is 24.3 Å². The molecule has 2 N–H and O–H groups in total. The summed E-state index contributed by atoms with van der Waals surface area (Å²) < 4.78 is 13.4. The van der Waals surface area contributed by atoms with Crippen molar-refractivity contribution in [2.24, 2.45) is 0 Å². The van der Waals surface area contributed by atoms with Gasteiger partial charge in [-0.3, -0.25) is 9.59 Å². The van der Waals surface area contributed by atoms with Gasteiger partial charge in [0.15, 0.2) is 0 Å². The van der Waals surface area contributed by atoms with Crippen molar-refractivity contribution in [3.63, 3.8) is 0 Å². The summed E-state index contributed by atoms with van der Waals surface area (Å²) in [7, 11) is 0. The van der Waals surface area contributed by atoms with E-state index in [2.05, 4.69) is 5.32 Å². The van der Waals surface area contributed by atoms with Gasteiger partial charge in [0.1, 0.15) is 11.6 Å². The summed E-state index contributed by atoms with van der Waals surface area (Å²) in [5.41, 5.74) is 2.65. The lowest BCUT2D eigenvalue weighted by Crippen LogP contribution is -2.37. The molecule has 6 heteroatoms. The Hall–Kier alpha value is -2.89. The van der Waals surface area contributed by atoms with E-state index in [9.17, 15) is 19.1 Å². The maximum atomic E-state index is 13.4. The topological polar surface area (TPSA) is 69.6 Å². The zero-order chi connectivity index (χ0) is 18.0. The largest absolute Gasteiger partial charge is 0.506 e. The molecule has 1 aliphatic rings. The molecule has 1 aliphatic heterocycles. The average molecular weight is 342 g/mol. The molecule has 130 valence electrons. The number of aryl methyl sites for hydroxylation is 2. The maximum Gasteiger partial charge on any atom is 0.227 e. The molecule has 2 amide bonds. The molecule has 0 spiro atoms. The van der Waals surface area contributed by atoms with Crippen LogP contribution in [0, 0.1) is 12.7 Å². The number of halogens is 1. The molecule has 3 rings (SSSR count). The summed E-state index contributed by atoms with van der Waals surface area (Å²) in [6.45, 7) is 2.05. The third-order valence-corrected chi connectivity index (χ3v) is 4.23. The molecule has 0 aromatic heterocycles. The number of carbonyl (C=O) groups is 2. The first-order valence-electron chi connectivity index (χ1n) is 8.12. The second-order valence-electron chi connectivity index (χ2n) is 6.14. The van der Waals surface area contributed by atoms with E-state index in [0.29, 0.717) is 24.2 Å². The van der Waals surface area contributed by atoms with Crippen LogP contribution in [-0.4, -0.2) is 23.5 Å². The minimum atomic E-state index is -0.333. The molecule has 5 nitrogen and oxygen atoms in total. The lowest BCUT2D eigenvalue weighted by Gasteiger charge is -2.29. The summed E-state index contributed by atoms with van der Waals surface area (Å²) in [4.78, 5) is 25.8. The molecule has 0 unspecified atom stereocenters. The monoisotopic (exact) mass is 342 g/mol. The molecule has 0 bridgehead atoms. The van der Waals surface area contributed by atoms with Crippen LogP contribution in [0.3, 0.4) is 0 Å². The van der Waals surface area contributed by atoms with Crippen LogP contribution < -0.4 is 10.2 Å². The fourth-order valence-corrected chi connectivity index (χ4v) is 2.95. The van der Waals surface area contributed by atoms with Crippen LogP contribution in [0.2, 0.25) is 0 Å². The lowest BCUT2D eigenvalue weighted by molar-refractivity contribution is -0.119. The van der Waals surface area contributed by atoms with E-state index < -0.39 is 0 Å². The molecule has 2 aromatic carbocycles. The Labute approximate surface area is 145 Å². The van der Waals surface area contributed by atoms with E-state index in [1.165, 1.54) is 17.0 Å². The van der Waals surface area contributed by atoms with Crippen molar-refractivity contribution in [2.45, 2.75) is 26.2 Å². The van der Waals surface area contributed by atoms with E-state index in [1.807, 2.05) is 6.92 Å². The molecular formula is C19H19FN2O3. The van der Waals surface area contributed by atoms with Gasteiger partial charge in [-0.25, -0.2) is 4.39 Å². The number of rotatable bonds is 4. The Kier molecular flexibility index (Phi) is 4.70. The highest BCUT2D eigenvalue weighted by molar-refractivity contribution is 5.98. The smallest absolute Gasteiger partial charge is 0.227 e. The van der Waals surface area contributed by atoms with E-state index in [4.69, 9.17) is 0 Å². The number of phenolic OH excluding ortho intramolecular Hbond substituents is 1. The van der Waals surface area contributed by atoms with Gasteiger partial charge in [-0.1, -0.05) is 6.07 Å². The SMILES string of the molecule is Cc1ccc(NC(=O)CCN2C(=O)CCc3cc(F)ccc32)c(O)c1. The number of hydrogen-bond acceptors (Lipinski definition) is 3. The van der Waals surface area contributed by atoms with E-state index in [-0.39, 0.29) is 36.3 Å². The Morgan fingerprint density at radius 2 is 2.04 bits per heavy atom. The van der Waals surface area contributed by atoms with Crippen LogP contribution in [0.25, 0.3) is 0 Å². The summed E-state index contributed by atoms with van der Waals surface area (Å²) in [5.74, 6) is -0.713. The summed E-state index contributed by atoms with van der Waals surface area (Å²) in [6.07, 6.45) is 0.887. The quantitative estimate of drug-likeness (QED) is 0.839. The van der Waals surface area contributed by atoms with Crippen molar-refractivity contribution in [1.29, 1.82) is 0 Å². The van der Waals surface area contributed by atoms with Crippen LogP contribution in [0.15, 0.2) is 36.4 Å². The van der Waals surface area contributed by atoms with Crippen molar-refractivity contribution in [1.82, 2.24) is 0 Å². The van der Waals surface area contributed by atoms with Gasteiger partial charge in [-0.05, 0) is 54.8 Å². The molecule has 0 saturated heterocycles. The number of carbonyl (C=O) groups excluding carboxylic acids is 2.